The van der Waals surface area contributed by atoms with E-state index in [9.17, 15) is 0 Å². The lowest BCUT2D eigenvalue weighted by Gasteiger charge is -2.27. The Morgan fingerprint density at radius 3 is 1.01 bits per heavy atom. The molecule has 102 heavy (non-hydrogen) atoms. The van der Waals surface area contributed by atoms with Gasteiger partial charge in [-0.1, -0.05) is 107 Å². The molecule has 0 radical (unpaired) electrons. The molecule has 6 aromatic rings. The Morgan fingerprint density at radius 2 is 0.618 bits per heavy atom. The molecule has 12 rings (SSSR count). The van der Waals surface area contributed by atoms with Crippen LogP contribution in [0.1, 0.15) is 200 Å². The fraction of sp³-hybridized carbons (Fsp3) is 0.553. The number of nitrogens with zero attached hydrogens (tertiary/aromatic N) is 26. The van der Waals surface area contributed by atoms with Crippen molar-refractivity contribution in [3.63, 3.8) is 0 Å². The highest BCUT2D eigenvalue weighted by atomic mass is 15.7. The lowest BCUT2D eigenvalue weighted by Crippen LogP contribution is -2.38. The summed E-state index contributed by atoms with van der Waals surface area (Å²) < 4.78 is 0. The van der Waals surface area contributed by atoms with Crippen LogP contribution in [0.2, 0.25) is 0 Å². The lowest BCUT2D eigenvalue weighted by atomic mass is 10.1. The Labute approximate surface area is 615 Å². The van der Waals surface area contributed by atoms with Crippen molar-refractivity contribution in [3.05, 3.63) is 132 Å². The number of aromatic nitrogens is 8. The van der Waals surface area contributed by atoms with Gasteiger partial charge in [0.15, 0.2) is 17.5 Å². The number of amidine groups is 6. The number of aryl methyl sites for hydroxylation is 6. The predicted octanol–water partition coefficient (Wildman–Crippen LogP) is 15.9. The van der Waals surface area contributed by atoms with Crippen molar-refractivity contribution in [2.75, 3.05) is 72.1 Å². The van der Waals surface area contributed by atoms with Gasteiger partial charge in [-0.2, -0.15) is 30.6 Å². The topological polar surface area (TPSA) is 216 Å². The van der Waals surface area contributed by atoms with Gasteiger partial charge in [-0.3, -0.25) is 20.0 Å². The molecule has 11 heterocycles. The minimum absolute atomic E-state index is 0.195. The third-order valence-electron chi connectivity index (χ3n) is 16.9. The maximum absolute atomic E-state index is 4.50. The largest absolute Gasteiger partial charge is 0.340 e. The first-order chi connectivity index (χ1) is 48.7. The molecule has 0 bridgehead atoms. The maximum Gasteiger partial charge on any atom is 0.172 e. The van der Waals surface area contributed by atoms with Crippen LogP contribution in [0.4, 0.5) is 34.5 Å². The van der Waals surface area contributed by atoms with Crippen LogP contribution in [-0.4, -0.2) is 184 Å². The summed E-state index contributed by atoms with van der Waals surface area (Å²) >= 11 is 0. The summed E-state index contributed by atoms with van der Waals surface area (Å²) in [5, 5.41) is 38.4. The third kappa shape index (κ3) is 23.2. The molecule has 0 spiro atoms. The molecule has 6 aliphatic heterocycles. The number of hydrogen-bond acceptors (Lipinski definition) is 26. The Hall–Kier alpha value is -9.62. The summed E-state index contributed by atoms with van der Waals surface area (Å²) in [4.78, 5) is 46.6. The van der Waals surface area contributed by atoms with Crippen LogP contribution in [0.5, 0.6) is 0 Å². The molecule has 26 nitrogen and oxygen atoms in total. The first kappa shape index (κ1) is 90.4. The highest BCUT2D eigenvalue weighted by Crippen LogP contribution is 2.31. The summed E-state index contributed by atoms with van der Waals surface area (Å²) in [6.45, 7) is 60.9. The molecule has 0 N–H and O–H groups in total. The van der Waals surface area contributed by atoms with E-state index < -0.39 is 0 Å². The second-order valence-electron chi connectivity index (χ2n) is 22.9. The van der Waals surface area contributed by atoms with E-state index in [2.05, 4.69) is 192 Å². The first-order valence-electron chi connectivity index (χ1n) is 36.3. The van der Waals surface area contributed by atoms with Gasteiger partial charge in [0.05, 0.1) is 29.0 Å². The van der Waals surface area contributed by atoms with Crippen LogP contribution in [0.3, 0.4) is 0 Å². The molecular formula is C76H130N26. The number of anilines is 6. The quantitative estimate of drug-likeness (QED) is 0.151. The van der Waals surface area contributed by atoms with Crippen molar-refractivity contribution < 1.29 is 0 Å². The number of pyridine rings is 2. The molecule has 0 aliphatic carbocycles. The molecule has 0 saturated heterocycles. The van der Waals surface area contributed by atoms with Gasteiger partial charge < -0.3 is 29.4 Å². The van der Waals surface area contributed by atoms with Gasteiger partial charge in [0.25, 0.3) is 0 Å². The van der Waals surface area contributed by atoms with E-state index >= 15 is 0 Å². The average Bonchev–Trinajstić information content (AvgIpc) is 1.76. The standard InChI is InChI=1S/C12H17N3.2C11H16N4.3C10H15N5.6C2H6/c1-9-7-5-6-8-12(9)15-10(2)13-14(4)11(15)3;1-8-11(6-5-7-12-8)15-9(2)13-14(4)10(15)3;1-8-6-5-7-12-11(8)15-10(3)14(4)9(2)13-15;1-7-10(5-11-6-12-7)15-9(3)14(4)8(2)13-15;1-7-5-11-6-12-10(7)15-9(3)14(4)8(2)13-15;1-7-10(12-6-5-11-7)15-9(3)14(4)8(2)13-15;6*1-2/h5-8,11H,1-4H3;2*5-7,10H,1-4H3;3*5-6,9H,1-4H3;6*1-2H3. The Kier molecular flexibility index (Phi) is 40.1. The van der Waals surface area contributed by atoms with Crippen LogP contribution in [-0.2, 0) is 0 Å². The number of rotatable bonds is 6. The van der Waals surface area contributed by atoms with E-state index in [4.69, 9.17) is 0 Å². The van der Waals surface area contributed by atoms with Gasteiger partial charge in [0.2, 0.25) is 0 Å². The Balaban J connectivity index is 0.000000593. The average molecular weight is 1410 g/mol. The molecule has 26 heteroatoms. The van der Waals surface area contributed by atoms with E-state index in [1.807, 2.05) is 243 Å². The maximum atomic E-state index is 4.50. The minimum atomic E-state index is 0.195. The zero-order chi connectivity index (χ0) is 78.0. The van der Waals surface area contributed by atoms with Gasteiger partial charge in [-0.25, -0.2) is 49.9 Å². The van der Waals surface area contributed by atoms with E-state index in [1.165, 1.54) is 11.3 Å². The summed E-state index contributed by atoms with van der Waals surface area (Å²) in [7, 11) is 12.1. The lowest BCUT2D eigenvalue weighted by molar-refractivity contribution is 0.304. The van der Waals surface area contributed by atoms with Crippen LogP contribution in [0.15, 0.2) is 129 Å². The van der Waals surface area contributed by atoms with E-state index in [1.54, 1.807) is 43.6 Å². The number of benzene rings is 1. The van der Waals surface area contributed by atoms with Gasteiger partial charge >= 0.3 is 0 Å². The molecule has 564 valence electrons. The molecule has 6 aliphatic rings. The van der Waals surface area contributed by atoms with Crippen molar-refractivity contribution in [1.82, 2.24) is 69.5 Å². The van der Waals surface area contributed by atoms with Crippen LogP contribution in [0, 0.1) is 41.5 Å². The summed E-state index contributed by atoms with van der Waals surface area (Å²) in [5.41, 5.74) is 9.70. The monoisotopic (exact) mass is 1410 g/mol. The molecule has 6 atom stereocenters. The minimum Gasteiger partial charge on any atom is -0.340 e. The number of hydrogen-bond donors (Lipinski definition) is 0. The van der Waals surface area contributed by atoms with Crippen molar-refractivity contribution in [3.8, 4) is 0 Å². The predicted molar refractivity (Wildman–Crippen MR) is 434 cm³/mol. The number of para-hydroxylation sites is 1. The van der Waals surface area contributed by atoms with Crippen molar-refractivity contribution >= 4 is 69.5 Å². The van der Waals surface area contributed by atoms with E-state index in [-0.39, 0.29) is 30.8 Å². The van der Waals surface area contributed by atoms with Crippen LogP contribution in [0.25, 0.3) is 0 Å². The highest BCUT2D eigenvalue weighted by Gasteiger charge is 2.33. The second kappa shape index (κ2) is 45.3. The molecule has 0 amide bonds. The van der Waals surface area contributed by atoms with Crippen LogP contribution < -0.4 is 29.8 Å². The van der Waals surface area contributed by atoms with Crippen molar-refractivity contribution in [2.45, 2.75) is 245 Å². The second-order valence-corrected chi connectivity index (χ2v) is 22.9. The first-order valence-corrected chi connectivity index (χ1v) is 36.3. The SMILES string of the molecule is CC.CC.CC.CC.CC.CC.CC1=NN(C)C(C)N1c1ccccc1C.CC1=NN(C)C(C)N1c1cccnc1C.CC1=NN(c2cncnc2C)C(C)N1C.CC1=NN(c2ncccc2C)C(C)N1C.CC1=NN(c2nccnc2C)C(C)N1C.CC1=NN(c2ncncc2C)C(C)N1C. The van der Waals surface area contributed by atoms with Gasteiger partial charge in [0, 0.05) is 84.5 Å². The zero-order valence-electron chi connectivity index (χ0n) is 69.3. The molecular weight excluding hydrogens is 1280 g/mol. The fourth-order valence-corrected chi connectivity index (χ4v) is 10.4. The fourth-order valence-electron chi connectivity index (χ4n) is 10.4. The van der Waals surface area contributed by atoms with E-state index in [0.717, 1.165) is 92.1 Å². The molecule has 6 unspecified atom stereocenters. The van der Waals surface area contributed by atoms with Crippen LogP contribution >= 0.6 is 0 Å². The van der Waals surface area contributed by atoms with Crippen molar-refractivity contribution in [2.24, 2.45) is 30.6 Å². The van der Waals surface area contributed by atoms with Gasteiger partial charge in [0.1, 0.15) is 90.4 Å². The van der Waals surface area contributed by atoms with E-state index in [0.29, 0.717) is 6.17 Å². The molecule has 5 aromatic heterocycles. The Morgan fingerprint density at radius 1 is 0.275 bits per heavy atom. The molecule has 1 aromatic carbocycles. The van der Waals surface area contributed by atoms with Gasteiger partial charge in [-0.15, -0.1) is 0 Å². The smallest absolute Gasteiger partial charge is 0.172 e. The normalized spacial score (nSPS) is 18.7. The molecule has 0 fully saturated rings. The third-order valence-corrected chi connectivity index (χ3v) is 16.9. The summed E-state index contributed by atoms with van der Waals surface area (Å²) in [5.74, 6) is 8.73. The Bertz CT molecular complexity index is 3220. The highest BCUT2D eigenvalue weighted by molar-refractivity contribution is 5.99. The molecule has 0 saturated carbocycles. The van der Waals surface area contributed by atoms with Gasteiger partial charge in [-0.05, 0) is 160 Å². The summed E-state index contributed by atoms with van der Waals surface area (Å²) in [6.07, 6.45) is 15.1. The summed E-state index contributed by atoms with van der Waals surface area (Å²) in [6, 6.07) is 16.4. The van der Waals surface area contributed by atoms with Crippen molar-refractivity contribution in [1.29, 1.82) is 0 Å². The zero-order valence-corrected chi connectivity index (χ0v) is 69.3. The number of hydrazone groups is 6.